The molecule has 1 heterocycles. The van der Waals surface area contributed by atoms with Crippen LogP contribution in [0, 0.1) is 0 Å². The highest BCUT2D eigenvalue weighted by molar-refractivity contribution is 6.02. The van der Waals surface area contributed by atoms with Crippen molar-refractivity contribution in [2.24, 2.45) is 7.05 Å². The van der Waals surface area contributed by atoms with Crippen LogP contribution in [0.25, 0.3) is 21.8 Å². The van der Waals surface area contributed by atoms with Crippen molar-refractivity contribution >= 4 is 56.6 Å². The quantitative estimate of drug-likeness (QED) is 0.0400. The number of hydrogen-bond donors (Lipinski definition) is 8. The van der Waals surface area contributed by atoms with E-state index in [0.29, 0.717) is 11.4 Å². The average molecular weight is 663 g/mol. The number of aromatic nitrogens is 1. The second-order valence-electron chi connectivity index (χ2n) is 12.1. The van der Waals surface area contributed by atoms with Crippen molar-refractivity contribution in [1.29, 1.82) is 0 Å². The molecular weight excluding hydrogens is 614 g/mol. The van der Waals surface area contributed by atoms with Gasteiger partial charge in [-0.3, -0.25) is 0 Å². The monoisotopic (exact) mass is 662 g/mol. The van der Waals surface area contributed by atoms with E-state index >= 15 is 0 Å². The van der Waals surface area contributed by atoms with Crippen LogP contribution in [0.5, 0.6) is 0 Å². The third-order valence-corrected chi connectivity index (χ3v) is 8.25. The predicted molar refractivity (Wildman–Crippen MR) is 201 cm³/mol. The van der Waals surface area contributed by atoms with Gasteiger partial charge in [0.2, 0.25) is 11.0 Å². The third-order valence-electron chi connectivity index (χ3n) is 8.25. The first-order chi connectivity index (χ1) is 23.9. The second-order valence-corrected chi connectivity index (χ2v) is 12.1. The highest BCUT2D eigenvalue weighted by atomic mass is 16.2. The van der Waals surface area contributed by atoms with E-state index in [1.807, 2.05) is 106 Å². The first-order valence-electron chi connectivity index (χ1n) is 16.8. The summed E-state index contributed by atoms with van der Waals surface area (Å²) in [4.78, 5) is 25.7. The average Bonchev–Trinajstić information content (AvgIpc) is 3.10. The van der Waals surface area contributed by atoms with Crippen molar-refractivity contribution < 1.29 is 14.2 Å². The summed E-state index contributed by atoms with van der Waals surface area (Å²) in [6, 6.07) is 28.8. The van der Waals surface area contributed by atoms with E-state index in [9.17, 15) is 9.59 Å². The Morgan fingerprint density at radius 2 is 0.898 bits per heavy atom. The second kappa shape index (κ2) is 17.9. The SMILES string of the molecule is CNCCCNCc1ccc(NC(=O)Nc2ccc3cc4ccc(NC(=O)Nc5ccc(CNCCCNC)cc5)cc4[n+](C)c3c2)cc1. The van der Waals surface area contributed by atoms with Crippen molar-refractivity contribution in [2.75, 3.05) is 61.5 Å². The number of rotatable bonds is 16. The van der Waals surface area contributed by atoms with E-state index in [1.54, 1.807) is 0 Å². The number of carbonyl (C=O) groups excluding carboxylic acids is 2. The van der Waals surface area contributed by atoms with Crippen LogP contribution >= 0.6 is 0 Å². The summed E-state index contributed by atoms with van der Waals surface area (Å²) in [6.45, 7) is 5.45. The van der Waals surface area contributed by atoms with E-state index in [4.69, 9.17) is 0 Å². The zero-order chi connectivity index (χ0) is 34.4. The summed E-state index contributed by atoms with van der Waals surface area (Å²) >= 11 is 0. The van der Waals surface area contributed by atoms with Gasteiger partial charge >= 0.3 is 12.1 Å². The van der Waals surface area contributed by atoms with Gasteiger partial charge < -0.3 is 42.5 Å². The van der Waals surface area contributed by atoms with Crippen LogP contribution in [0.3, 0.4) is 0 Å². The van der Waals surface area contributed by atoms with E-state index in [1.165, 1.54) is 0 Å². The third kappa shape index (κ3) is 10.5. The Morgan fingerprint density at radius 3 is 1.31 bits per heavy atom. The van der Waals surface area contributed by atoms with Crippen molar-refractivity contribution in [2.45, 2.75) is 25.9 Å². The number of aryl methyl sites for hydroxylation is 1. The summed E-state index contributed by atoms with van der Waals surface area (Å²) in [5.41, 5.74) is 6.99. The summed E-state index contributed by atoms with van der Waals surface area (Å²) in [5, 5.41) is 26.9. The lowest BCUT2D eigenvalue weighted by atomic mass is 10.1. The fraction of sp³-hybridized carbons (Fsp3) is 0.289. The molecule has 49 heavy (non-hydrogen) atoms. The minimum atomic E-state index is -0.315. The molecule has 0 saturated carbocycles. The van der Waals surface area contributed by atoms with Gasteiger partial charge in [0.25, 0.3) is 0 Å². The molecule has 4 amide bonds. The number of urea groups is 2. The molecule has 0 radical (unpaired) electrons. The maximum Gasteiger partial charge on any atom is 0.323 e. The minimum Gasteiger partial charge on any atom is -0.320 e. The Balaban J connectivity index is 1.17. The van der Waals surface area contributed by atoms with Gasteiger partial charge in [-0.2, -0.15) is 4.57 Å². The summed E-state index contributed by atoms with van der Waals surface area (Å²) in [5.74, 6) is 0. The fourth-order valence-corrected chi connectivity index (χ4v) is 5.61. The summed E-state index contributed by atoms with van der Waals surface area (Å²) in [6.07, 6.45) is 2.15. The molecule has 0 unspecified atom stereocenters. The molecule has 1 aromatic heterocycles. The van der Waals surface area contributed by atoms with E-state index in [2.05, 4.69) is 53.2 Å². The predicted octanol–water partition coefficient (Wildman–Crippen LogP) is 5.50. The largest absolute Gasteiger partial charge is 0.323 e. The molecule has 11 heteroatoms. The molecule has 8 N–H and O–H groups in total. The molecule has 0 aliphatic heterocycles. The van der Waals surface area contributed by atoms with Crippen LogP contribution in [-0.4, -0.2) is 52.3 Å². The molecule has 256 valence electrons. The molecule has 5 aromatic rings. The number of fused-ring (bicyclic) bond motifs is 2. The number of pyridine rings is 1. The standard InChI is InChI=1S/C38H47N9O2/c1-39-18-4-20-41-25-27-6-12-31(13-7-27)43-37(48)45-33-16-10-29-22-30-11-17-34(24-36(30)47(3)35(29)23-33)46-38(49)44-32-14-8-28(9-15-32)26-42-21-5-19-40-2/h6-17,22-24,39-42H,4-5,18-21,25-26H2,1-3H3,(H3,43,44,45,46,48,49)/p+1. The van der Waals surface area contributed by atoms with Gasteiger partial charge in [0, 0.05) is 58.7 Å². The van der Waals surface area contributed by atoms with Crippen LogP contribution in [0.4, 0.5) is 32.3 Å². The number of amides is 4. The van der Waals surface area contributed by atoms with Crippen molar-refractivity contribution in [3.63, 3.8) is 0 Å². The zero-order valence-corrected chi connectivity index (χ0v) is 28.6. The van der Waals surface area contributed by atoms with Crippen LogP contribution in [0.15, 0.2) is 91.0 Å². The highest BCUT2D eigenvalue weighted by Crippen LogP contribution is 2.24. The van der Waals surface area contributed by atoms with Gasteiger partial charge in [-0.15, -0.1) is 0 Å². The molecule has 0 saturated heterocycles. The maximum atomic E-state index is 12.8. The lowest BCUT2D eigenvalue weighted by Crippen LogP contribution is -2.30. The molecule has 0 fully saturated rings. The smallest absolute Gasteiger partial charge is 0.320 e. The lowest BCUT2D eigenvalue weighted by molar-refractivity contribution is -0.617. The van der Waals surface area contributed by atoms with E-state index < -0.39 is 0 Å². The highest BCUT2D eigenvalue weighted by Gasteiger charge is 2.15. The Labute approximate surface area is 288 Å². The molecule has 4 aromatic carbocycles. The van der Waals surface area contributed by atoms with E-state index in [-0.39, 0.29) is 12.1 Å². The normalized spacial score (nSPS) is 11.1. The molecule has 0 atom stereocenters. The summed E-state index contributed by atoms with van der Waals surface area (Å²) < 4.78 is 2.06. The maximum absolute atomic E-state index is 12.8. The van der Waals surface area contributed by atoms with Gasteiger partial charge in [0.05, 0.1) is 0 Å². The fourth-order valence-electron chi connectivity index (χ4n) is 5.61. The number of hydrogen-bond acceptors (Lipinski definition) is 6. The Morgan fingerprint density at radius 1 is 0.510 bits per heavy atom. The van der Waals surface area contributed by atoms with Crippen molar-refractivity contribution in [3.8, 4) is 0 Å². The lowest BCUT2D eigenvalue weighted by Gasteiger charge is -2.11. The number of nitrogens with one attached hydrogen (secondary N) is 8. The van der Waals surface area contributed by atoms with Gasteiger partial charge in [-0.1, -0.05) is 24.3 Å². The Hall–Kier alpha value is -5.07. The molecule has 0 bridgehead atoms. The number of carbonyl (C=O) groups is 2. The Kier molecular flexibility index (Phi) is 12.9. The minimum absolute atomic E-state index is 0.315. The van der Waals surface area contributed by atoms with Gasteiger partial charge in [-0.05, 0) is 119 Å². The van der Waals surface area contributed by atoms with Crippen LogP contribution < -0.4 is 47.1 Å². The first kappa shape index (κ1) is 35.2. The molecule has 0 spiro atoms. The van der Waals surface area contributed by atoms with Gasteiger partial charge in [0.15, 0.2) is 0 Å². The van der Waals surface area contributed by atoms with Crippen LogP contribution in [0.1, 0.15) is 24.0 Å². The molecule has 0 aliphatic carbocycles. The number of benzene rings is 4. The molecule has 5 rings (SSSR count). The molecule has 11 nitrogen and oxygen atoms in total. The molecular formula is C38H48N9O2+. The van der Waals surface area contributed by atoms with E-state index in [0.717, 1.165) is 96.4 Å². The Bertz CT molecular complexity index is 1710. The zero-order valence-electron chi connectivity index (χ0n) is 28.6. The first-order valence-corrected chi connectivity index (χ1v) is 16.8. The van der Waals surface area contributed by atoms with Crippen molar-refractivity contribution in [1.82, 2.24) is 21.3 Å². The van der Waals surface area contributed by atoms with Crippen LogP contribution in [-0.2, 0) is 20.1 Å². The number of anilines is 4. The van der Waals surface area contributed by atoms with Crippen LogP contribution in [0.2, 0.25) is 0 Å². The van der Waals surface area contributed by atoms with Gasteiger partial charge in [0.1, 0.15) is 7.05 Å². The number of nitrogens with zero attached hydrogens (tertiary/aromatic N) is 1. The van der Waals surface area contributed by atoms with Crippen molar-refractivity contribution in [3.05, 3.63) is 102 Å². The topological polar surface area (TPSA) is 134 Å². The molecule has 0 aliphatic rings. The van der Waals surface area contributed by atoms with Gasteiger partial charge in [-0.25, -0.2) is 9.59 Å². The summed E-state index contributed by atoms with van der Waals surface area (Å²) in [7, 11) is 5.89.